The molecule has 1 fully saturated rings. The van der Waals surface area contributed by atoms with Crippen molar-refractivity contribution in [1.82, 2.24) is 0 Å². The smallest absolute Gasteiger partial charge is 0.228 e. The minimum Gasteiger partial charge on any atom is -0.228 e. The van der Waals surface area contributed by atoms with Crippen LogP contribution in [0.15, 0.2) is 0 Å². The Labute approximate surface area is 99.6 Å². The van der Waals surface area contributed by atoms with E-state index in [2.05, 4.69) is 0 Å². The predicted octanol–water partition coefficient (Wildman–Crippen LogP) is 2.42. The van der Waals surface area contributed by atoms with Crippen molar-refractivity contribution < 1.29 is 21.6 Å². The molecule has 0 aliphatic heterocycles. The van der Waals surface area contributed by atoms with Gasteiger partial charge >= 0.3 is 6.18 Å². The quantitative estimate of drug-likeness (QED) is 0.840. The van der Waals surface area contributed by atoms with E-state index >= 15 is 0 Å². The highest BCUT2D eigenvalue weighted by atomic mass is 32.2. The second-order valence-electron chi connectivity index (χ2n) is 5.25. The molecule has 0 amide bonds. The molecule has 1 rings (SSSR count). The molecular weight excluding hydrogens is 255 g/mol. The van der Waals surface area contributed by atoms with Crippen LogP contribution in [0, 0.1) is 11.8 Å². The lowest BCUT2D eigenvalue weighted by Crippen LogP contribution is -2.47. The average Bonchev–Trinajstić information content (AvgIpc) is 2.15. The molecule has 1 aliphatic rings. The van der Waals surface area contributed by atoms with Crippen molar-refractivity contribution in [2.75, 3.05) is 0 Å². The fourth-order valence-corrected chi connectivity index (χ4v) is 3.03. The van der Waals surface area contributed by atoms with E-state index in [0.29, 0.717) is 12.8 Å². The lowest BCUT2D eigenvalue weighted by atomic mass is 9.75. The Balaban J connectivity index is 2.88. The van der Waals surface area contributed by atoms with Crippen LogP contribution in [0.4, 0.5) is 13.2 Å². The molecule has 0 radical (unpaired) electrons. The predicted molar refractivity (Wildman–Crippen MR) is 58.7 cm³/mol. The van der Waals surface area contributed by atoms with E-state index in [0.717, 1.165) is 0 Å². The molecule has 0 aromatic carbocycles. The first-order chi connectivity index (χ1) is 7.46. The summed E-state index contributed by atoms with van der Waals surface area (Å²) in [5.41, 5.74) is 0. The fraction of sp³-hybridized carbons (Fsp3) is 1.00. The highest BCUT2D eigenvalue weighted by Gasteiger charge is 2.48. The molecule has 0 aromatic rings. The lowest BCUT2D eigenvalue weighted by molar-refractivity contribution is -0.186. The van der Waals surface area contributed by atoms with Gasteiger partial charge in [-0.15, -0.1) is 0 Å². The van der Waals surface area contributed by atoms with Gasteiger partial charge in [0.05, 0.1) is 10.7 Å². The van der Waals surface area contributed by atoms with Crippen molar-refractivity contribution in [3.8, 4) is 0 Å². The first kappa shape index (κ1) is 14.8. The molecular formula is C10H18F3NO2S. The van der Waals surface area contributed by atoms with Gasteiger partial charge in [0.15, 0.2) is 0 Å². The molecule has 1 aliphatic carbocycles. The lowest BCUT2D eigenvalue weighted by Gasteiger charge is -2.38. The van der Waals surface area contributed by atoms with E-state index in [9.17, 15) is 21.6 Å². The molecule has 2 atom stereocenters. The number of hydrogen-bond donors (Lipinski definition) is 1. The molecule has 17 heavy (non-hydrogen) atoms. The van der Waals surface area contributed by atoms with Crippen molar-refractivity contribution in [3.63, 3.8) is 0 Å². The number of rotatable bonds is 2. The van der Waals surface area contributed by atoms with Crippen molar-refractivity contribution in [2.45, 2.75) is 50.5 Å². The fourth-order valence-electron chi connectivity index (χ4n) is 2.35. The van der Waals surface area contributed by atoms with Gasteiger partial charge in [0, 0.05) is 0 Å². The molecule has 1 saturated carbocycles. The van der Waals surface area contributed by atoms with Gasteiger partial charge in [-0.2, -0.15) is 13.2 Å². The van der Waals surface area contributed by atoms with Crippen molar-refractivity contribution in [1.29, 1.82) is 0 Å². The molecule has 0 heterocycles. The number of sulfonamides is 1. The zero-order chi connectivity index (χ0) is 13.5. The van der Waals surface area contributed by atoms with Crippen LogP contribution in [-0.4, -0.2) is 19.3 Å². The molecule has 0 spiro atoms. The Bertz CT molecular complexity index is 376. The van der Waals surface area contributed by atoms with E-state index < -0.39 is 32.8 Å². The Kier molecular flexibility index (Phi) is 3.84. The molecule has 2 N–H and O–H groups in total. The zero-order valence-electron chi connectivity index (χ0n) is 9.92. The van der Waals surface area contributed by atoms with Gasteiger partial charge in [0.2, 0.25) is 10.0 Å². The van der Waals surface area contributed by atoms with Crippen molar-refractivity contribution in [2.24, 2.45) is 17.0 Å². The van der Waals surface area contributed by atoms with Crippen molar-refractivity contribution in [3.05, 3.63) is 0 Å². The SMILES string of the molecule is CC(C)(C1CCCC(C(F)(F)F)C1)S(N)(=O)=O. The molecule has 0 bridgehead atoms. The van der Waals surface area contributed by atoms with Crippen LogP contribution in [-0.2, 0) is 10.0 Å². The molecule has 2 unspecified atom stereocenters. The van der Waals surface area contributed by atoms with Gasteiger partial charge in [0.1, 0.15) is 0 Å². The third kappa shape index (κ3) is 3.13. The minimum atomic E-state index is -4.24. The standard InChI is InChI=1S/C10H18F3NO2S/c1-9(2,17(14,15)16)7-4-3-5-8(6-7)10(11,12)13/h7-8H,3-6H2,1-2H3,(H2,14,15,16). The first-order valence-electron chi connectivity index (χ1n) is 5.55. The second kappa shape index (κ2) is 4.42. The van der Waals surface area contributed by atoms with Crippen LogP contribution < -0.4 is 5.14 Å². The summed E-state index contributed by atoms with van der Waals surface area (Å²) >= 11 is 0. The van der Waals surface area contributed by atoms with Gasteiger partial charge in [-0.3, -0.25) is 0 Å². The highest BCUT2D eigenvalue weighted by Crippen LogP contribution is 2.44. The minimum absolute atomic E-state index is 0.0840. The number of primary sulfonamides is 1. The van der Waals surface area contributed by atoms with E-state index in [1.807, 2.05) is 0 Å². The Morgan fingerprint density at radius 2 is 1.59 bits per heavy atom. The number of hydrogen-bond acceptors (Lipinski definition) is 2. The third-order valence-corrected chi connectivity index (χ3v) is 5.65. The summed E-state index contributed by atoms with van der Waals surface area (Å²) in [5.74, 6) is -1.93. The van der Waals surface area contributed by atoms with Gasteiger partial charge in [-0.05, 0) is 39.0 Å². The average molecular weight is 273 g/mol. The van der Waals surface area contributed by atoms with E-state index in [-0.39, 0.29) is 12.8 Å². The maximum atomic E-state index is 12.6. The monoisotopic (exact) mass is 273 g/mol. The van der Waals surface area contributed by atoms with Gasteiger partial charge in [-0.25, -0.2) is 13.6 Å². The van der Waals surface area contributed by atoms with Crippen molar-refractivity contribution >= 4 is 10.0 Å². The number of alkyl halides is 3. The molecule has 3 nitrogen and oxygen atoms in total. The first-order valence-corrected chi connectivity index (χ1v) is 7.10. The van der Waals surface area contributed by atoms with E-state index in [1.54, 1.807) is 0 Å². The van der Waals surface area contributed by atoms with Crippen LogP contribution in [0.3, 0.4) is 0 Å². The summed E-state index contributed by atoms with van der Waals surface area (Å²) in [5, 5.41) is 5.09. The number of halogens is 3. The summed E-state index contributed by atoms with van der Waals surface area (Å²) < 4.78 is 59.4. The van der Waals surface area contributed by atoms with Gasteiger partial charge < -0.3 is 0 Å². The Hall–Kier alpha value is -0.300. The summed E-state index contributed by atoms with van der Waals surface area (Å²) in [6, 6.07) is 0. The maximum absolute atomic E-state index is 12.6. The van der Waals surface area contributed by atoms with E-state index in [1.165, 1.54) is 13.8 Å². The summed E-state index contributed by atoms with van der Waals surface area (Å²) in [4.78, 5) is 0. The summed E-state index contributed by atoms with van der Waals surface area (Å²) in [7, 11) is -3.84. The Morgan fingerprint density at radius 1 is 1.12 bits per heavy atom. The van der Waals surface area contributed by atoms with Crippen LogP contribution in [0.25, 0.3) is 0 Å². The van der Waals surface area contributed by atoms with Gasteiger partial charge in [-0.1, -0.05) is 6.42 Å². The van der Waals surface area contributed by atoms with Crippen LogP contribution in [0.1, 0.15) is 39.5 Å². The highest BCUT2D eigenvalue weighted by molar-refractivity contribution is 7.90. The normalized spacial score (nSPS) is 28.1. The summed E-state index contributed by atoms with van der Waals surface area (Å²) in [6.45, 7) is 2.82. The zero-order valence-corrected chi connectivity index (χ0v) is 10.7. The van der Waals surface area contributed by atoms with Crippen LogP contribution in [0.2, 0.25) is 0 Å². The molecule has 0 aromatic heterocycles. The van der Waals surface area contributed by atoms with Gasteiger partial charge in [0.25, 0.3) is 0 Å². The second-order valence-corrected chi connectivity index (χ2v) is 7.39. The van der Waals surface area contributed by atoms with E-state index in [4.69, 9.17) is 5.14 Å². The van der Waals surface area contributed by atoms with Crippen LogP contribution in [0.5, 0.6) is 0 Å². The maximum Gasteiger partial charge on any atom is 0.391 e. The molecule has 7 heteroatoms. The number of nitrogens with two attached hydrogens (primary N) is 1. The van der Waals surface area contributed by atoms with Crippen LogP contribution >= 0.6 is 0 Å². The largest absolute Gasteiger partial charge is 0.391 e. The molecule has 0 saturated heterocycles. The third-order valence-electron chi connectivity index (χ3n) is 3.85. The molecule has 102 valence electrons. The topological polar surface area (TPSA) is 60.2 Å². The summed E-state index contributed by atoms with van der Waals surface area (Å²) in [6.07, 6.45) is -3.43. The Morgan fingerprint density at radius 3 is 2.00 bits per heavy atom.